The van der Waals surface area contributed by atoms with Crippen LogP contribution < -0.4 is 5.32 Å². The molecule has 2 aromatic carbocycles. The highest BCUT2D eigenvalue weighted by atomic mass is 32.2. The molecular weight excluding hydrogens is 408 g/mol. The Morgan fingerprint density at radius 1 is 1.10 bits per heavy atom. The first kappa shape index (κ1) is 19.2. The molecule has 2 heterocycles. The van der Waals surface area contributed by atoms with Crippen molar-refractivity contribution in [1.29, 1.82) is 0 Å². The zero-order chi connectivity index (χ0) is 20.6. The molecule has 0 spiro atoms. The van der Waals surface area contributed by atoms with Gasteiger partial charge in [0, 0.05) is 16.6 Å². The highest BCUT2D eigenvalue weighted by Crippen LogP contribution is 2.31. The summed E-state index contributed by atoms with van der Waals surface area (Å²) < 4.78 is 51.3. The lowest BCUT2D eigenvalue weighted by atomic mass is 10.2. The molecule has 5 nitrogen and oxygen atoms in total. The molecule has 4 rings (SSSR count). The molecule has 0 aliphatic carbocycles. The molecule has 2 aromatic heterocycles. The van der Waals surface area contributed by atoms with Gasteiger partial charge in [-0.05, 0) is 42.5 Å². The smallest absolute Gasteiger partial charge is 0.351 e. The molecular formula is C19H12F4N4OS. The average molecular weight is 420 g/mol. The Morgan fingerprint density at radius 3 is 2.59 bits per heavy atom. The van der Waals surface area contributed by atoms with E-state index in [1.165, 1.54) is 30.6 Å². The second kappa shape index (κ2) is 7.36. The largest absolute Gasteiger partial charge is 0.416 e. The van der Waals surface area contributed by atoms with Crippen molar-refractivity contribution in [3.63, 3.8) is 0 Å². The van der Waals surface area contributed by atoms with Gasteiger partial charge in [-0.1, -0.05) is 11.8 Å². The number of benzene rings is 2. The number of anilines is 1. The normalized spacial score (nSPS) is 11.9. The summed E-state index contributed by atoms with van der Waals surface area (Å²) in [5.41, 5.74) is 1.29. The summed E-state index contributed by atoms with van der Waals surface area (Å²) in [6.07, 6.45) is -3.10. The van der Waals surface area contributed by atoms with Crippen LogP contribution >= 0.6 is 11.8 Å². The third kappa shape index (κ3) is 4.02. The molecule has 0 aliphatic heterocycles. The second-order valence-corrected chi connectivity index (χ2v) is 7.09. The van der Waals surface area contributed by atoms with Gasteiger partial charge in [0.1, 0.15) is 22.7 Å². The molecule has 4 aromatic rings. The Hall–Kier alpha value is -3.14. The summed E-state index contributed by atoms with van der Waals surface area (Å²) in [7, 11) is 0. The van der Waals surface area contributed by atoms with Gasteiger partial charge in [0.15, 0.2) is 0 Å². The van der Waals surface area contributed by atoms with Crippen LogP contribution in [0.5, 0.6) is 0 Å². The van der Waals surface area contributed by atoms with Crippen LogP contribution in [0.1, 0.15) is 5.56 Å². The van der Waals surface area contributed by atoms with Crippen LogP contribution in [0.2, 0.25) is 0 Å². The quantitative estimate of drug-likeness (QED) is 0.277. The van der Waals surface area contributed by atoms with Gasteiger partial charge in [-0.3, -0.25) is 4.79 Å². The van der Waals surface area contributed by atoms with Crippen molar-refractivity contribution in [1.82, 2.24) is 15.0 Å². The third-order valence-electron chi connectivity index (χ3n) is 4.14. The molecule has 0 aliphatic rings. The molecule has 10 heteroatoms. The van der Waals surface area contributed by atoms with E-state index in [4.69, 9.17) is 0 Å². The SMILES string of the molecule is O=C(CSc1ncnc2c1[nH]c1ccc(F)cc12)Nc1ccc(C(F)(F)F)cc1. The van der Waals surface area contributed by atoms with E-state index in [1.807, 2.05) is 0 Å². The first-order valence-corrected chi connectivity index (χ1v) is 9.32. The first-order valence-electron chi connectivity index (χ1n) is 8.33. The molecule has 1 amide bonds. The minimum Gasteiger partial charge on any atom is -0.351 e. The summed E-state index contributed by atoms with van der Waals surface area (Å²) in [6.45, 7) is 0. The minimum absolute atomic E-state index is 0.0170. The van der Waals surface area contributed by atoms with Crippen LogP contribution in [0.3, 0.4) is 0 Å². The molecule has 0 radical (unpaired) electrons. The number of rotatable bonds is 4. The fraction of sp³-hybridized carbons (Fsp3) is 0.105. The Morgan fingerprint density at radius 2 is 1.86 bits per heavy atom. The Bertz CT molecular complexity index is 1200. The number of halogens is 4. The topological polar surface area (TPSA) is 70.7 Å². The maximum Gasteiger partial charge on any atom is 0.416 e. The van der Waals surface area contributed by atoms with Crippen LogP contribution in [-0.2, 0) is 11.0 Å². The van der Waals surface area contributed by atoms with E-state index >= 15 is 0 Å². The van der Waals surface area contributed by atoms with E-state index in [0.717, 1.165) is 23.9 Å². The van der Waals surface area contributed by atoms with E-state index in [2.05, 4.69) is 20.3 Å². The molecule has 0 saturated heterocycles. The molecule has 2 N–H and O–H groups in total. The number of hydrogen-bond acceptors (Lipinski definition) is 4. The maximum atomic E-state index is 13.5. The predicted octanol–water partition coefficient (Wildman–Crippen LogP) is 5.00. The first-order chi connectivity index (χ1) is 13.8. The van der Waals surface area contributed by atoms with Gasteiger partial charge in [-0.2, -0.15) is 13.2 Å². The van der Waals surface area contributed by atoms with Gasteiger partial charge in [0.2, 0.25) is 5.91 Å². The Balaban J connectivity index is 1.48. The van der Waals surface area contributed by atoms with Gasteiger partial charge in [-0.25, -0.2) is 14.4 Å². The zero-order valence-corrected chi connectivity index (χ0v) is 15.4. The number of nitrogens with one attached hydrogen (secondary N) is 2. The van der Waals surface area contributed by atoms with Gasteiger partial charge in [-0.15, -0.1) is 0 Å². The molecule has 0 fully saturated rings. The lowest BCUT2D eigenvalue weighted by Crippen LogP contribution is -2.14. The van der Waals surface area contributed by atoms with Crippen LogP contribution in [0.15, 0.2) is 53.8 Å². The fourth-order valence-corrected chi connectivity index (χ4v) is 3.58. The van der Waals surface area contributed by atoms with Crippen LogP contribution in [0, 0.1) is 5.82 Å². The second-order valence-electron chi connectivity index (χ2n) is 6.13. The monoisotopic (exact) mass is 420 g/mol. The number of aromatic nitrogens is 3. The van der Waals surface area contributed by atoms with Crippen molar-refractivity contribution in [2.24, 2.45) is 0 Å². The number of fused-ring (bicyclic) bond motifs is 3. The molecule has 0 saturated carbocycles. The molecule has 0 atom stereocenters. The van der Waals surface area contributed by atoms with Gasteiger partial charge < -0.3 is 10.3 Å². The molecule has 148 valence electrons. The standard InChI is InChI=1S/C19H12F4N4OS/c20-11-3-6-14-13(7-11)16-17(27-14)18(25-9-24-16)29-8-15(28)26-12-4-1-10(2-5-12)19(21,22)23/h1-7,9,27H,8H2,(H,26,28). The number of hydrogen-bond donors (Lipinski definition) is 2. The highest BCUT2D eigenvalue weighted by Gasteiger charge is 2.30. The Kier molecular flexibility index (Phi) is 4.87. The number of aromatic amines is 1. The maximum absolute atomic E-state index is 13.5. The summed E-state index contributed by atoms with van der Waals surface area (Å²) >= 11 is 1.14. The van der Waals surface area contributed by atoms with E-state index < -0.39 is 17.6 Å². The lowest BCUT2D eigenvalue weighted by molar-refractivity contribution is -0.137. The summed E-state index contributed by atoms with van der Waals surface area (Å²) in [4.78, 5) is 23.6. The highest BCUT2D eigenvalue weighted by molar-refractivity contribution is 8.00. The zero-order valence-electron chi connectivity index (χ0n) is 14.5. The summed E-state index contributed by atoms with van der Waals surface area (Å²) in [5, 5.41) is 3.66. The van der Waals surface area contributed by atoms with E-state index in [0.29, 0.717) is 27.0 Å². The summed E-state index contributed by atoms with van der Waals surface area (Å²) in [6, 6.07) is 8.49. The fourth-order valence-electron chi connectivity index (χ4n) is 2.83. The summed E-state index contributed by atoms with van der Waals surface area (Å²) in [5.74, 6) is -0.803. The number of nitrogens with zero attached hydrogens (tertiary/aromatic N) is 2. The minimum atomic E-state index is -4.43. The van der Waals surface area contributed by atoms with Crippen LogP contribution in [-0.4, -0.2) is 26.6 Å². The number of carbonyl (C=O) groups excluding carboxylic acids is 1. The van der Waals surface area contributed by atoms with E-state index in [9.17, 15) is 22.4 Å². The van der Waals surface area contributed by atoms with E-state index in [-0.39, 0.29) is 17.3 Å². The van der Waals surface area contributed by atoms with E-state index in [1.54, 1.807) is 6.07 Å². The van der Waals surface area contributed by atoms with Crippen molar-refractivity contribution in [3.8, 4) is 0 Å². The van der Waals surface area contributed by atoms with Crippen molar-refractivity contribution < 1.29 is 22.4 Å². The third-order valence-corrected chi connectivity index (χ3v) is 5.13. The van der Waals surface area contributed by atoms with Gasteiger partial charge >= 0.3 is 6.18 Å². The average Bonchev–Trinajstić information content (AvgIpc) is 3.04. The lowest BCUT2D eigenvalue weighted by Gasteiger charge is -2.08. The molecule has 0 unspecified atom stereocenters. The van der Waals surface area contributed by atoms with Crippen molar-refractivity contribution in [3.05, 3.63) is 60.2 Å². The van der Waals surface area contributed by atoms with Crippen molar-refractivity contribution in [2.75, 3.05) is 11.1 Å². The number of thioether (sulfide) groups is 1. The number of amides is 1. The number of alkyl halides is 3. The van der Waals surface area contributed by atoms with Crippen molar-refractivity contribution >= 4 is 45.3 Å². The number of H-pyrrole nitrogens is 1. The van der Waals surface area contributed by atoms with Crippen molar-refractivity contribution in [2.45, 2.75) is 11.2 Å². The van der Waals surface area contributed by atoms with Crippen LogP contribution in [0.4, 0.5) is 23.2 Å². The molecule has 0 bridgehead atoms. The Labute approximate surface area is 165 Å². The molecule has 29 heavy (non-hydrogen) atoms. The van der Waals surface area contributed by atoms with Crippen LogP contribution in [0.25, 0.3) is 21.9 Å². The van der Waals surface area contributed by atoms with Gasteiger partial charge in [0.25, 0.3) is 0 Å². The predicted molar refractivity (Wildman–Crippen MR) is 102 cm³/mol. The number of carbonyl (C=O) groups is 1. The van der Waals surface area contributed by atoms with Gasteiger partial charge in [0.05, 0.1) is 16.8 Å².